The van der Waals surface area contributed by atoms with Crippen LogP contribution in [0.1, 0.15) is 0 Å². The highest BCUT2D eigenvalue weighted by atomic mass is 32.1. The Morgan fingerprint density at radius 3 is 1.69 bits per heavy atom. The summed E-state index contributed by atoms with van der Waals surface area (Å²) in [5.41, 5.74) is 14.2. The smallest absolute Gasteiger partial charge is 0.0619 e. The van der Waals surface area contributed by atoms with E-state index in [0.29, 0.717) is 0 Å². The van der Waals surface area contributed by atoms with Gasteiger partial charge in [-0.25, -0.2) is 0 Å². The molecule has 0 bridgehead atoms. The van der Waals surface area contributed by atoms with E-state index in [-0.39, 0.29) is 0 Å². The molecule has 0 fully saturated rings. The molecule has 12 aromatic rings. The number of fused-ring (bicyclic) bond motifs is 8. The molecule has 0 aliphatic heterocycles. The average molecular weight is 795 g/mol. The molecule has 0 radical (unpaired) electrons. The zero-order valence-corrected chi connectivity index (χ0v) is 34.1. The minimum atomic E-state index is 1.10. The number of anilines is 3. The molecule has 286 valence electrons. The van der Waals surface area contributed by atoms with Crippen molar-refractivity contribution in [3.8, 4) is 39.1 Å². The summed E-state index contributed by atoms with van der Waals surface area (Å²) in [6.07, 6.45) is 0. The summed E-state index contributed by atoms with van der Waals surface area (Å²) in [6.45, 7) is 0. The molecule has 12 rings (SSSR count). The second kappa shape index (κ2) is 14.5. The van der Waals surface area contributed by atoms with Crippen molar-refractivity contribution < 1.29 is 0 Å². The van der Waals surface area contributed by atoms with Crippen molar-refractivity contribution in [1.29, 1.82) is 0 Å². The highest BCUT2D eigenvalue weighted by Gasteiger charge is 2.21. The zero-order chi connectivity index (χ0) is 40.3. The first-order valence-electron chi connectivity index (χ1n) is 20.8. The fourth-order valence-corrected chi connectivity index (χ4v) is 10.6. The number of hydrogen-bond donors (Lipinski definition) is 0. The van der Waals surface area contributed by atoms with Crippen molar-refractivity contribution >= 4 is 81.1 Å². The van der Waals surface area contributed by atoms with Crippen molar-refractivity contribution in [2.24, 2.45) is 0 Å². The van der Waals surface area contributed by atoms with Crippen LogP contribution in [0.4, 0.5) is 17.1 Å². The number of hydrogen-bond acceptors (Lipinski definition) is 2. The lowest BCUT2D eigenvalue weighted by Crippen LogP contribution is -2.10. The molecule has 0 N–H and O–H groups in total. The molecule has 0 aliphatic carbocycles. The molecule has 0 saturated heterocycles. The van der Waals surface area contributed by atoms with Crippen molar-refractivity contribution in [3.63, 3.8) is 0 Å². The summed E-state index contributed by atoms with van der Waals surface area (Å²) in [4.78, 5) is 2.43. The van der Waals surface area contributed by atoms with E-state index in [1.54, 1.807) is 0 Å². The van der Waals surface area contributed by atoms with Crippen LogP contribution in [0.2, 0.25) is 0 Å². The van der Waals surface area contributed by atoms with Crippen LogP contribution in [0.3, 0.4) is 0 Å². The van der Waals surface area contributed by atoms with E-state index in [1.165, 1.54) is 86.1 Å². The average Bonchev–Trinajstić information content (AvgIpc) is 3.89. The van der Waals surface area contributed by atoms with Crippen molar-refractivity contribution in [2.75, 3.05) is 4.90 Å². The summed E-state index contributed by atoms with van der Waals surface area (Å²) in [5, 5.41) is 7.55. The van der Waals surface area contributed by atoms with Crippen molar-refractivity contribution in [2.45, 2.75) is 0 Å². The summed E-state index contributed by atoms with van der Waals surface area (Å²) in [7, 11) is 0. The maximum atomic E-state index is 2.45. The predicted octanol–water partition coefficient (Wildman–Crippen LogP) is 16.8. The molecule has 0 unspecified atom stereocenters. The van der Waals surface area contributed by atoms with Crippen LogP contribution in [0.15, 0.2) is 231 Å². The maximum Gasteiger partial charge on any atom is 0.0619 e. The standard InChI is InChI=1S/C58H38N2S/c1-4-14-39(15-5-1)40-26-32-46(33-27-40)59(53-24-13-25-55-56(53)52-23-12-22-49(58(52)61-55)42-16-6-2-7-17-42)47-34-28-41(29-35-47)44-31-36-50-51-37-30-43-18-10-11-21-48(43)57(51)60(54(50)38-44)45-19-8-3-9-20-45/h1-38H. The van der Waals surface area contributed by atoms with E-state index in [9.17, 15) is 0 Å². The van der Waals surface area contributed by atoms with E-state index in [1.807, 2.05) is 11.3 Å². The summed E-state index contributed by atoms with van der Waals surface area (Å²) < 4.78 is 5.02. The molecule has 2 heterocycles. The van der Waals surface area contributed by atoms with Gasteiger partial charge in [0.2, 0.25) is 0 Å². The largest absolute Gasteiger partial charge is 0.310 e. The molecule has 10 aromatic carbocycles. The molecule has 2 nitrogen and oxygen atoms in total. The summed E-state index contributed by atoms with van der Waals surface area (Å²) >= 11 is 1.88. The van der Waals surface area contributed by atoms with Crippen LogP contribution in [-0.2, 0) is 0 Å². The molecule has 0 spiro atoms. The number of aromatic nitrogens is 1. The third-order valence-electron chi connectivity index (χ3n) is 12.2. The Kier molecular flexibility index (Phi) is 8.39. The lowest BCUT2D eigenvalue weighted by Gasteiger charge is -2.27. The molecular weight excluding hydrogens is 757 g/mol. The second-order valence-electron chi connectivity index (χ2n) is 15.7. The van der Waals surface area contributed by atoms with Gasteiger partial charge in [-0.05, 0) is 93.4 Å². The quantitative estimate of drug-likeness (QED) is 0.156. The number of thiophene rings is 1. The first-order chi connectivity index (χ1) is 30.3. The van der Waals surface area contributed by atoms with Crippen LogP contribution < -0.4 is 4.90 Å². The van der Waals surface area contributed by atoms with Crippen molar-refractivity contribution in [3.05, 3.63) is 231 Å². The van der Waals surface area contributed by atoms with Gasteiger partial charge < -0.3 is 9.47 Å². The van der Waals surface area contributed by atoms with Crippen LogP contribution in [0, 0.1) is 0 Å². The minimum Gasteiger partial charge on any atom is -0.310 e. The Morgan fingerprint density at radius 2 is 0.951 bits per heavy atom. The molecule has 61 heavy (non-hydrogen) atoms. The van der Waals surface area contributed by atoms with E-state index in [4.69, 9.17) is 0 Å². The normalized spacial score (nSPS) is 11.6. The number of nitrogens with zero attached hydrogens (tertiary/aromatic N) is 2. The lowest BCUT2D eigenvalue weighted by molar-refractivity contribution is 1.19. The molecule has 0 saturated carbocycles. The maximum absolute atomic E-state index is 2.45. The number of benzene rings is 10. The van der Waals surface area contributed by atoms with E-state index >= 15 is 0 Å². The van der Waals surface area contributed by atoms with Gasteiger partial charge in [0, 0.05) is 53.4 Å². The van der Waals surface area contributed by atoms with Gasteiger partial charge in [-0.15, -0.1) is 11.3 Å². The van der Waals surface area contributed by atoms with Crippen molar-refractivity contribution in [1.82, 2.24) is 4.57 Å². The first kappa shape index (κ1) is 35.2. The first-order valence-corrected chi connectivity index (χ1v) is 21.7. The Hall–Kier alpha value is -7.72. The highest BCUT2D eigenvalue weighted by molar-refractivity contribution is 7.26. The SMILES string of the molecule is c1ccc(-c2ccc(N(c3ccc(-c4ccc5c6ccc7ccccc7c6n(-c6ccccc6)c5c4)cc3)c3cccc4sc5c(-c6ccccc6)cccc5c34)cc2)cc1. The minimum absolute atomic E-state index is 1.10. The third kappa shape index (κ3) is 5.93. The van der Waals surface area contributed by atoms with E-state index in [2.05, 4.69) is 240 Å². The Labute approximate surface area is 358 Å². The molecule has 0 atom stereocenters. The van der Waals surface area contributed by atoms with Crippen LogP contribution in [-0.4, -0.2) is 4.57 Å². The van der Waals surface area contributed by atoms with Gasteiger partial charge in [-0.3, -0.25) is 0 Å². The van der Waals surface area contributed by atoms with Gasteiger partial charge in [-0.1, -0.05) is 176 Å². The van der Waals surface area contributed by atoms with Gasteiger partial charge in [-0.2, -0.15) is 0 Å². The summed E-state index contributed by atoms with van der Waals surface area (Å²) in [6, 6.07) is 84.0. The van der Waals surface area contributed by atoms with Gasteiger partial charge in [0.15, 0.2) is 0 Å². The zero-order valence-electron chi connectivity index (χ0n) is 33.2. The third-order valence-corrected chi connectivity index (χ3v) is 13.4. The molecule has 0 aliphatic rings. The molecule has 0 amide bonds. The van der Waals surface area contributed by atoms with Gasteiger partial charge >= 0.3 is 0 Å². The highest BCUT2D eigenvalue weighted by Crippen LogP contribution is 2.48. The topological polar surface area (TPSA) is 8.17 Å². The Morgan fingerprint density at radius 1 is 0.377 bits per heavy atom. The van der Waals surface area contributed by atoms with Gasteiger partial charge in [0.1, 0.15) is 0 Å². The van der Waals surface area contributed by atoms with Crippen LogP contribution in [0.25, 0.3) is 91.8 Å². The number of rotatable bonds is 7. The van der Waals surface area contributed by atoms with Gasteiger partial charge in [0.25, 0.3) is 0 Å². The predicted molar refractivity (Wildman–Crippen MR) is 262 cm³/mol. The second-order valence-corrected chi connectivity index (χ2v) is 16.7. The van der Waals surface area contributed by atoms with Gasteiger partial charge in [0.05, 0.1) is 16.7 Å². The van der Waals surface area contributed by atoms with E-state index in [0.717, 1.165) is 22.7 Å². The lowest BCUT2D eigenvalue weighted by atomic mass is 10.0. The monoisotopic (exact) mass is 794 g/mol. The fraction of sp³-hybridized carbons (Fsp3) is 0. The van der Waals surface area contributed by atoms with E-state index < -0.39 is 0 Å². The molecule has 2 aromatic heterocycles. The molecular formula is C58H38N2S. The summed E-state index contributed by atoms with van der Waals surface area (Å²) in [5.74, 6) is 0. The number of para-hydroxylation sites is 1. The Balaban J connectivity index is 1.02. The fourth-order valence-electron chi connectivity index (χ4n) is 9.33. The van der Waals surface area contributed by atoms with Crippen LogP contribution >= 0.6 is 11.3 Å². The molecule has 3 heteroatoms. The Bertz CT molecular complexity index is 3550. The van der Waals surface area contributed by atoms with Crippen LogP contribution in [0.5, 0.6) is 0 Å².